The summed E-state index contributed by atoms with van der Waals surface area (Å²) in [5.41, 5.74) is 4.04. The van der Waals surface area contributed by atoms with Crippen LogP contribution >= 0.6 is 11.6 Å². The van der Waals surface area contributed by atoms with E-state index in [9.17, 15) is 9.59 Å². The molecule has 1 amide bonds. The van der Waals surface area contributed by atoms with Gasteiger partial charge >= 0.3 is 0 Å². The molecule has 30 heavy (non-hydrogen) atoms. The molecule has 0 spiro atoms. The third kappa shape index (κ3) is 4.26. The molecule has 2 aromatic heterocycles. The fourth-order valence-electron chi connectivity index (χ4n) is 3.40. The number of carbonyl (C=O) groups excluding carboxylic acids is 1. The van der Waals surface area contributed by atoms with Crippen molar-refractivity contribution in [3.8, 4) is 0 Å². The number of halogens is 1. The minimum Gasteiger partial charge on any atom is -0.347 e. The fourth-order valence-corrected chi connectivity index (χ4v) is 3.61. The highest BCUT2D eigenvalue weighted by Crippen LogP contribution is 2.17. The second kappa shape index (κ2) is 8.51. The highest BCUT2D eigenvalue weighted by molar-refractivity contribution is 6.30. The van der Waals surface area contributed by atoms with Gasteiger partial charge in [0, 0.05) is 30.6 Å². The van der Waals surface area contributed by atoms with Gasteiger partial charge in [-0.05, 0) is 41.5 Å². The van der Waals surface area contributed by atoms with Crippen molar-refractivity contribution in [3.63, 3.8) is 0 Å². The second-order valence-electron chi connectivity index (χ2n) is 7.11. The van der Waals surface area contributed by atoms with Crippen molar-refractivity contribution in [1.82, 2.24) is 14.9 Å². The van der Waals surface area contributed by atoms with Crippen molar-refractivity contribution >= 4 is 28.5 Å². The van der Waals surface area contributed by atoms with E-state index in [0.29, 0.717) is 40.3 Å². The van der Waals surface area contributed by atoms with E-state index < -0.39 is 0 Å². The number of hydrogen-bond donors (Lipinski definition) is 1. The Balaban J connectivity index is 1.63. The first kappa shape index (κ1) is 19.9. The van der Waals surface area contributed by atoms with Gasteiger partial charge in [0.15, 0.2) is 0 Å². The molecule has 0 radical (unpaired) electrons. The van der Waals surface area contributed by atoms with Crippen LogP contribution in [0.4, 0.5) is 0 Å². The third-order valence-corrected chi connectivity index (χ3v) is 5.20. The zero-order chi connectivity index (χ0) is 21.1. The van der Waals surface area contributed by atoms with Gasteiger partial charge in [0.2, 0.25) is 0 Å². The van der Waals surface area contributed by atoms with E-state index in [1.54, 1.807) is 35.9 Å². The molecule has 150 valence electrons. The van der Waals surface area contributed by atoms with Crippen LogP contribution in [-0.2, 0) is 20.0 Å². The molecular formula is C24H20ClN3O2. The lowest BCUT2D eigenvalue weighted by atomic mass is 10.1. The molecule has 0 saturated carbocycles. The number of aryl methyl sites for hydroxylation is 1. The van der Waals surface area contributed by atoms with Gasteiger partial charge in [-0.15, -0.1) is 0 Å². The number of carbonyl (C=O) groups is 1. The van der Waals surface area contributed by atoms with E-state index in [1.165, 1.54) is 0 Å². The summed E-state index contributed by atoms with van der Waals surface area (Å²) in [6.07, 6.45) is 0.440. The number of pyridine rings is 2. The average molecular weight is 418 g/mol. The smallest absolute Gasteiger partial charge is 0.270 e. The predicted molar refractivity (Wildman–Crippen MR) is 119 cm³/mol. The van der Waals surface area contributed by atoms with Crippen LogP contribution < -0.4 is 10.9 Å². The topological polar surface area (TPSA) is 64.0 Å². The molecule has 6 heteroatoms. The molecule has 5 nitrogen and oxygen atoms in total. The summed E-state index contributed by atoms with van der Waals surface area (Å²) in [6.45, 7) is 0.423. The molecule has 0 aliphatic carbocycles. The number of benzene rings is 2. The number of rotatable bonds is 5. The number of amides is 1. The maximum absolute atomic E-state index is 12.8. The minimum atomic E-state index is -0.258. The van der Waals surface area contributed by atoms with E-state index in [1.807, 2.05) is 48.5 Å². The summed E-state index contributed by atoms with van der Waals surface area (Å²) in [6, 6.07) is 22.3. The van der Waals surface area contributed by atoms with Crippen LogP contribution in [0.15, 0.2) is 77.6 Å². The molecule has 0 atom stereocenters. The monoisotopic (exact) mass is 417 g/mol. The first-order chi connectivity index (χ1) is 14.5. The number of hydrogen-bond acceptors (Lipinski definition) is 3. The summed E-state index contributed by atoms with van der Waals surface area (Å²) in [5, 5.41) is 3.51. The van der Waals surface area contributed by atoms with Crippen LogP contribution in [0.25, 0.3) is 11.0 Å². The molecule has 4 rings (SSSR count). The van der Waals surface area contributed by atoms with Crippen molar-refractivity contribution < 1.29 is 4.79 Å². The van der Waals surface area contributed by atoms with Crippen LogP contribution in [-0.4, -0.2) is 15.5 Å². The van der Waals surface area contributed by atoms with Gasteiger partial charge in [0.25, 0.3) is 11.5 Å². The molecule has 2 heterocycles. The van der Waals surface area contributed by atoms with Gasteiger partial charge in [-0.3, -0.25) is 9.59 Å². The highest BCUT2D eigenvalue weighted by Gasteiger charge is 2.13. The Morgan fingerprint density at radius 3 is 2.53 bits per heavy atom. The Bertz CT molecular complexity index is 1280. The molecular weight excluding hydrogens is 398 g/mol. The lowest BCUT2D eigenvalue weighted by molar-refractivity contribution is 0.0946. The summed E-state index contributed by atoms with van der Waals surface area (Å²) < 4.78 is 1.56. The number of nitrogens with zero attached hydrogens (tertiary/aromatic N) is 2. The summed E-state index contributed by atoms with van der Waals surface area (Å²) in [5.74, 6) is -0.258. The van der Waals surface area contributed by atoms with Gasteiger partial charge in [-0.2, -0.15) is 0 Å². The van der Waals surface area contributed by atoms with Crippen molar-refractivity contribution in [1.29, 1.82) is 0 Å². The molecule has 0 saturated heterocycles. The highest BCUT2D eigenvalue weighted by atomic mass is 35.5. The standard InChI is InChI=1S/C24H20ClN3O2/c1-28-22-11-10-20(23(29)26-15-16-6-3-2-4-7-16)27-21(22)14-18(24(28)30)12-17-8-5-9-19(25)13-17/h2-11,13-14H,12,15H2,1H3,(H,26,29). The first-order valence-electron chi connectivity index (χ1n) is 9.57. The number of nitrogens with one attached hydrogen (secondary N) is 1. The molecule has 2 aromatic carbocycles. The SMILES string of the molecule is Cn1c(=O)c(Cc2cccc(Cl)c2)cc2nc(C(=O)NCc3ccccc3)ccc21. The van der Waals surface area contributed by atoms with Crippen LogP contribution in [0.2, 0.25) is 5.02 Å². The summed E-state index contributed by atoms with van der Waals surface area (Å²) in [4.78, 5) is 29.9. The van der Waals surface area contributed by atoms with Gasteiger partial charge in [-0.25, -0.2) is 4.98 Å². The van der Waals surface area contributed by atoms with E-state index in [2.05, 4.69) is 10.3 Å². The van der Waals surface area contributed by atoms with Crippen molar-refractivity contribution in [2.24, 2.45) is 7.05 Å². The van der Waals surface area contributed by atoms with Crippen LogP contribution in [0.5, 0.6) is 0 Å². The van der Waals surface area contributed by atoms with E-state index in [4.69, 9.17) is 11.6 Å². The van der Waals surface area contributed by atoms with Gasteiger partial charge in [-0.1, -0.05) is 54.1 Å². The Morgan fingerprint density at radius 2 is 1.77 bits per heavy atom. The summed E-state index contributed by atoms with van der Waals surface area (Å²) in [7, 11) is 1.71. The second-order valence-corrected chi connectivity index (χ2v) is 7.55. The van der Waals surface area contributed by atoms with E-state index >= 15 is 0 Å². The van der Waals surface area contributed by atoms with Crippen LogP contribution in [0.1, 0.15) is 27.2 Å². The predicted octanol–water partition coefficient (Wildman–Crippen LogP) is 4.11. The fraction of sp³-hybridized carbons (Fsp3) is 0.125. The Labute approximate surface area is 179 Å². The molecule has 0 aliphatic rings. The largest absolute Gasteiger partial charge is 0.347 e. The third-order valence-electron chi connectivity index (χ3n) is 4.97. The van der Waals surface area contributed by atoms with E-state index in [0.717, 1.165) is 11.1 Å². The summed E-state index contributed by atoms with van der Waals surface area (Å²) >= 11 is 6.07. The molecule has 0 aliphatic heterocycles. The Kier molecular flexibility index (Phi) is 5.63. The lowest BCUT2D eigenvalue weighted by Crippen LogP contribution is -2.25. The normalized spacial score (nSPS) is 10.9. The molecule has 0 bridgehead atoms. The maximum Gasteiger partial charge on any atom is 0.270 e. The van der Waals surface area contributed by atoms with Gasteiger partial charge in [0.05, 0.1) is 11.0 Å². The van der Waals surface area contributed by atoms with Gasteiger partial charge < -0.3 is 9.88 Å². The Hall–Kier alpha value is -3.44. The van der Waals surface area contributed by atoms with Crippen LogP contribution in [0, 0.1) is 0 Å². The quantitative estimate of drug-likeness (QED) is 0.531. The number of fused-ring (bicyclic) bond motifs is 1. The maximum atomic E-state index is 12.8. The zero-order valence-corrected chi connectivity index (χ0v) is 17.2. The molecule has 4 aromatic rings. The molecule has 0 fully saturated rings. The molecule has 0 unspecified atom stereocenters. The first-order valence-corrected chi connectivity index (χ1v) is 9.95. The van der Waals surface area contributed by atoms with Crippen molar-refractivity contribution in [2.45, 2.75) is 13.0 Å². The molecule has 1 N–H and O–H groups in total. The number of aromatic nitrogens is 2. The van der Waals surface area contributed by atoms with E-state index in [-0.39, 0.29) is 11.5 Å². The van der Waals surface area contributed by atoms with Crippen molar-refractivity contribution in [2.75, 3.05) is 0 Å². The van der Waals surface area contributed by atoms with Crippen LogP contribution in [0.3, 0.4) is 0 Å². The lowest BCUT2D eigenvalue weighted by Gasteiger charge is -2.10. The Morgan fingerprint density at radius 1 is 1.00 bits per heavy atom. The van der Waals surface area contributed by atoms with Crippen molar-refractivity contribution in [3.05, 3.63) is 111 Å². The minimum absolute atomic E-state index is 0.0921. The average Bonchev–Trinajstić information content (AvgIpc) is 2.76. The van der Waals surface area contributed by atoms with Gasteiger partial charge in [0.1, 0.15) is 5.69 Å². The zero-order valence-electron chi connectivity index (χ0n) is 16.4.